The van der Waals surface area contributed by atoms with Crippen molar-refractivity contribution in [3.05, 3.63) is 32.9 Å². The van der Waals surface area contributed by atoms with E-state index >= 15 is 0 Å². The predicted octanol–water partition coefficient (Wildman–Crippen LogP) is 2.72. The monoisotopic (exact) mass is 452 g/mol. The minimum Gasteiger partial charge on any atom is -0.383 e. The van der Waals surface area contributed by atoms with Gasteiger partial charge < -0.3 is 18.9 Å². The summed E-state index contributed by atoms with van der Waals surface area (Å²) >= 11 is 5.37. The van der Waals surface area contributed by atoms with Crippen molar-refractivity contribution in [3.63, 3.8) is 0 Å². The zero-order chi connectivity index (χ0) is 21.4. The minimum atomic E-state index is -2.74. The van der Waals surface area contributed by atoms with Crippen molar-refractivity contribution in [2.24, 2.45) is 0 Å². The molecule has 11 heteroatoms. The van der Waals surface area contributed by atoms with E-state index in [-0.39, 0.29) is 6.54 Å². The lowest BCUT2D eigenvalue weighted by atomic mass is 10.2. The van der Waals surface area contributed by atoms with Gasteiger partial charge in [0.25, 0.3) is 5.56 Å². The topological polar surface area (TPSA) is 91.9 Å². The summed E-state index contributed by atoms with van der Waals surface area (Å²) in [6.07, 6.45) is 3.94. The highest BCUT2D eigenvalue weighted by molar-refractivity contribution is 8.10. The summed E-state index contributed by atoms with van der Waals surface area (Å²) < 4.78 is 32.5. The molecule has 1 saturated heterocycles. The molecule has 0 spiro atoms. The molecule has 1 aromatic heterocycles. The van der Waals surface area contributed by atoms with Crippen molar-refractivity contribution < 1.29 is 23.3 Å². The zero-order valence-electron chi connectivity index (χ0n) is 16.9. The number of aliphatic hydroxyl groups is 1. The maximum atomic E-state index is 14.0. The second-order valence-electron chi connectivity index (χ2n) is 6.80. The van der Waals surface area contributed by atoms with Crippen LogP contribution in [-0.4, -0.2) is 39.9 Å². The van der Waals surface area contributed by atoms with E-state index in [1.807, 2.05) is 0 Å². The van der Waals surface area contributed by atoms with Crippen LogP contribution in [0.15, 0.2) is 15.8 Å². The third kappa shape index (κ3) is 6.29. The molecule has 1 aromatic rings. The van der Waals surface area contributed by atoms with Crippen molar-refractivity contribution >= 4 is 18.3 Å². The molecule has 166 valence electrons. The van der Waals surface area contributed by atoms with Crippen LogP contribution < -0.4 is 11.2 Å². The lowest BCUT2D eigenvalue weighted by Gasteiger charge is -2.26. The first kappa shape index (κ1) is 24.4. The normalized spacial score (nSPS) is 18.3. The quantitative estimate of drug-likeness (QED) is 0.385. The molecule has 1 N–H and O–H groups in total. The van der Waals surface area contributed by atoms with E-state index in [2.05, 4.69) is 0 Å². The van der Waals surface area contributed by atoms with E-state index in [4.69, 9.17) is 25.6 Å². The van der Waals surface area contributed by atoms with Crippen LogP contribution in [0.25, 0.3) is 0 Å². The van der Waals surface area contributed by atoms with E-state index in [1.165, 1.54) is 0 Å². The summed E-state index contributed by atoms with van der Waals surface area (Å²) in [6.45, 7) is 2.20. The number of unbranched alkanes of at least 4 members (excludes halogenated alkanes) is 2. The van der Waals surface area contributed by atoms with Crippen LogP contribution in [0.4, 0.5) is 4.39 Å². The lowest BCUT2D eigenvalue weighted by Crippen LogP contribution is -2.42. The first-order valence-electron chi connectivity index (χ1n) is 10.0. The molecule has 1 aliphatic heterocycles. The number of hydrogen-bond acceptors (Lipinski definition) is 7. The van der Waals surface area contributed by atoms with Crippen LogP contribution >= 0.6 is 6.49 Å². The van der Waals surface area contributed by atoms with Gasteiger partial charge in [-0.25, -0.2) is 4.79 Å². The molecule has 1 aliphatic rings. The average molecular weight is 452 g/mol. The Morgan fingerprint density at radius 3 is 2.59 bits per heavy atom. The van der Waals surface area contributed by atoms with Crippen LogP contribution in [0.2, 0.25) is 0 Å². The van der Waals surface area contributed by atoms with Gasteiger partial charge in [-0.05, 0) is 51.3 Å². The van der Waals surface area contributed by atoms with Gasteiger partial charge in [-0.15, -0.1) is 0 Å². The van der Waals surface area contributed by atoms with E-state index in [0.29, 0.717) is 51.9 Å². The second-order valence-corrected chi connectivity index (χ2v) is 10.5. The Balaban J connectivity index is 1.93. The molecule has 0 unspecified atom stereocenters. The highest BCUT2D eigenvalue weighted by atomic mass is 32.5. The van der Waals surface area contributed by atoms with Gasteiger partial charge in [0.05, 0.1) is 19.4 Å². The van der Waals surface area contributed by atoms with Gasteiger partial charge in [0.1, 0.15) is 12.1 Å². The maximum absolute atomic E-state index is 14.0. The third-order valence-corrected chi connectivity index (χ3v) is 8.28. The van der Waals surface area contributed by atoms with Gasteiger partial charge >= 0.3 is 5.69 Å². The number of hydrogen-bond donors (Lipinski definition) is 1. The number of rotatable bonds is 12. The Kier molecular flexibility index (Phi) is 9.65. The molecule has 0 bridgehead atoms. The summed E-state index contributed by atoms with van der Waals surface area (Å²) in [5, 5.41) is 10.4. The Labute approximate surface area is 174 Å². The van der Waals surface area contributed by atoms with Crippen LogP contribution in [-0.2, 0) is 32.1 Å². The highest BCUT2D eigenvalue weighted by Gasteiger charge is 2.28. The Morgan fingerprint density at radius 1 is 1.31 bits per heavy atom. The smallest absolute Gasteiger partial charge is 0.333 e. The molecule has 29 heavy (non-hydrogen) atoms. The minimum absolute atomic E-state index is 0.101. The largest absolute Gasteiger partial charge is 0.383 e. The van der Waals surface area contributed by atoms with Gasteiger partial charge in [0.15, 0.2) is 0 Å². The number of halogens is 1. The fraction of sp³-hybridized carbons (Fsp3) is 0.778. The molecular weight excluding hydrogens is 422 g/mol. The van der Waals surface area contributed by atoms with Gasteiger partial charge in [-0.1, -0.05) is 12.8 Å². The molecular formula is C18H30FN2O6PS. The molecule has 0 saturated carbocycles. The Morgan fingerprint density at radius 2 is 2.00 bits per heavy atom. The van der Waals surface area contributed by atoms with Crippen LogP contribution in [0.3, 0.4) is 0 Å². The number of aromatic nitrogens is 2. The number of nitrogens with zero attached hydrogens (tertiary/aromatic N) is 2. The molecule has 2 atom stereocenters. The summed E-state index contributed by atoms with van der Waals surface area (Å²) in [4.78, 5) is 24.6. The maximum Gasteiger partial charge on any atom is 0.333 e. The van der Waals surface area contributed by atoms with E-state index < -0.39 is 35.6 Å². The van der Waals surface area contributed by atoms with Gasteiger partial charge in [-0.3, -0.25) is 13.9 Å². The van der Waals surface area contributed by atoms with Crippen LogP contribution in [0.1, 0.15) is 58.6 Å². The highest BCUT2D eigenvalue weighted by Crippen LogP contribution is 2.53. The first-order valence-corrected chi connectivity index (χ1v) is 12.7. The second kappa shape index (κ2) is 11.5. The third-order valence-electron chi connectivity index (χ3n) is 4.70. The first-order chi connectivity index (χ1) is 13.8. The van der Waals surface area contributed by atoms with Gasteiger partial charge in [-0.2, -0.15) is 4.39 Å². The molecule has 0 radical (unpaired) electrons. The fourth-order valence-corrected chi connectivity index (χ4v) is 5.86. The predicted molar refractivity (Wildman–Crippen MR) is 111 cm³/mol. The summed E-state index contributed by atoms with van der Waals surface area (Å²) in [5.41, 5.74) is -1.49. The summed E-state index contributed by atoms with van der Waals surface area (Å²) in [7, 11) is 0. The van der Waals surface area contributed by atoms with Crippen molar-refractivity contribution in [1.82, 2.24) is 9.13 Å². The molecule has 0 amide bonds. The SMILES string of the molecule is CCOP(=S)(OCC)[C@@H](O)CCCCCn1c(=O)c(F)cn([C@@H]2CCCO2)c1=O. The summed E-state index contributed by atoms with van der Waals surface area (Å²) in [5.74, 6) is -1.84. The lowest BCUT2D eigenvalue weighted by molar-refractivity contribution is 0.0502. The van der Waals surface area contributed by atoms with E-state index in [9.17, 15) is 19.1 Å². The van der Waals surface area contributed by atoms with E-state index in [0.717, 1.165) is 21.8 Å². The van der Waals surface area contributed by atoms with E-state index in [1.54, 1.807) is 13.8 Å². The molecule has 0 aromatic carbocycles. The average Bonchev–Trinajstić information content (AvgIpc) is 3.21. The zero-order valence-corrected chi connectivity index (χ0v) is 18.6. The van der Waals surface area contributed by atoms with Crippen LogP contribution in [0.5, 0.6) is 0 Å². The molecule has 8 nitrogen and oxygen atoms in total. The molecule has 2 heterocycles. The van der Waals surface area contributed by atoms with Crippen molar-refractivity contribution in [1.29, 1.82) is 0 Å². The van der Waals surface area contributed by atoms with Crippen molar-refractivity contribution in [2.45, 2.75) is 71.0 Å². The molecule has 2 rings (SSSR count). The Bertz CT molecular complexity index is 814. The Hall–Kier alpha value is -0.900. The van der Waals surface area contributed by atoms with Gasteiger partial charge in [0.2, 0.25) is 12.3 Å². The van der Waals surface area contributed by atoms with Gasteiger partial charge in [0, 0.05) is 13.2 Å². The van der Waals surface area contributed by atoms with Crippen LogP contribution in [0, 0.1) is 5.82 Å². The molecule has 1 fully saturated rings. The fourth-order valence-electron chi connectivity index (χ4n) is 3.27. The number of ether oxygens (including phenoxy) is 1. The van der Waals surface area contributed by atoms with Crippen molar-refractivity contribution in [2.75, 3.05) is 19.8 Å². The summed E-state index contributed by atoms with van der Waals surface area (Å²) in [6, 6.07) is 0. The number of aliphatic hydroxyl groups excluding tert-OH is 1. The standard InChI is InChI=1S/C18H30FN2O6PS/c1-3-26-28(29,27-4-2)16(22)10-6-5-7-11-20-17(23)14(19)13-21(18(20)24)15-9-8-12-25-15/h13,15-16,22H,3-12H2,1-2H3/t15-,16+/m0/s1. The van der Waals surface area contributed by atoms with Crippen molar-refractivity contribution in [3.8, 4) is 0 Å². The molecule has 0 aliphatic carbocycles.